The van der Waals surface area contributed by atoms with Gasteiger partial charge in [0.15, 0.2) is 5.65 Å². The molecule has 2 aromatic heterocycles. The number of halogens is 2. The molecule has 1 N–H and O–H groups in total. The minimum atomic E-state index is -2.96. The Morgan fingerprint density at radius 3 is 2.35 bits per heavy atom. The smallest absolute Gasteiger partial charge is 0.262 e. The number of hydrogen-bond donors (Lipinski definition) is 1. The van der Waals surface area contributed by atoms with Gasteiger partial charge in [0.05, 0.1) is 29.4 Å². The highest BCUT2D eigenvalue weighted by Gasteiger charge is 2.51. The standard InChI is InChI=1S/C31H32F2N4O3/c32-31(33)14-7-12-24(26(31)22-8-3-1-4-9-22)28(38)35-18-15-30(40,16-19-35)20-36-21-34-27-25(29(36)39)13-17-37(27)23-10-5-2-6-11-23/h1-6,8-11,13,17,21,24,26,40H,7,12,14-16,18-20H2. The minimum absolute atomic E-state index is 0.0431. The number of carbonyl (C=O) groups excluding carboxylic acids is 1. The van der Waals surface area contributed by atoms with Crippen LogP contribution in [0.4, 0.5) is 8.78 Å². The molecule has 1 saturated carbocycles. The Morgan fingerprint density at radius 1 is 0.975 bits per heavy atom. The molecule has 3 heterocycles. The highest BCUT2D eigenvalue weighted by Crippen LogP contribution is 2.49. The van der Waals surface area contributed by atoms with E-state index in [1.54, 1.807) is 47.5 Å². The molecular weight excluding hydrogens is 514 g/mol. The molecule has 2 fully saturated rings. The molecule has 9 heteroatoms. The number of para-hydroxylation sites is 1. The fourth-order valence-corrected chi connectivity index (χ4v) is 6.39. The van der Waals surface area contributed by atoms with Crippen molar-refractivity contribution in [2.45, 2.75) is 56.1 Å². The topological polar surface area (TPSA) is 80.4 Å². The molecule has 2 aliphatic rings. The van der Waals surface area contributed by atoms with Gasteiger partial charge >= 0.3 is 0 Å². The average Bonchev–Trinajstić information content (AvgIpc) is 3.40. The van der Waals surface area contributed by atoms with Crippen molar-refractivity contribution in [2.75, 3.05) is 13.1 Å². The lowest BCUT2D eigenvalue weighted by molar-refractivity contribution is -0.150. The lowest BCUT2D eigenvalue weighted by atomic mass is 9.72. The summed E-state index contributed by atoms with van der Waals surface area (Å²) in [6.07, 6.45) is 4.23. The molecule has 1 saturated heterocycles. The Morgan fingerprint density at radius 2 is 1.65 bits per heavy atom. The molecule has 40 heavy (non-hydrogen) atoms. The summed E-state index contributed by atoms with van der Waals surface area (Å²) < 4.78 is 33.5. The third kappa shape index (κ3) is 4.83. The van der Waals surface area contributed by atoms with Gasteiger partial charge in [0.1, 0.15) is 6.33 Å². The first kappa shape index (κ1) is 26.4. The van der Waals surface area contributed by atoms with Crippen molar-refractivity contribution in [2.24, 2.45) is 5.92 Å². The quantitative estimate of drug-likeness (QED) is 0.392. The van der Waals surface area contributed by atoms with Gasteiger partial charge in [-0.25, -0.2) is 13.8 Å². The lowest BCUT2D eigenvalue weighted by Gasteiger charge is -2.43. The summed E-state index contributed by atoms with van der Waals surface area (Å²) in [5.74, 6) is -5.20. The first-order valence-electron chi connectivity index (χ1n) is 13.8. The van der Waals surface area contributed by atoms with Crippen molar-refractivity contribution in [1.82, 2.24) is 19.0 Å². The summed E-state index contributed by atoms with van der Waals surface area (Å²) >= 11 is 0. The fraction of sp³-hybridized carbons (Fsp3) is 0.387. The summed E-state index contributed by atoms with van der Waals surface area (Å²) in [5.41, 5.74) is 0.456. The van der Waals surface area contributed by atoms with Gasteiger partial charge in [-0.05, 0) is 49.4 Å². The lowest BCUT2D eigenvalue weighted by Crippen LogP contribution is -2.52. The van der Waals surface area contributed by atoms with E-state index >= 15 is 8.78 Å². The van der Waals surface area contributed by atoms with Gasteiger partial charge in [-0.15, -0.1) is 0 Å². The number of aliphatic hydroxyl groups is 1. The largest absolute Gasteiger partial charge is 0.388 e. The van der Waals surface area contributed by atoms with Gasteiger partial charge in [0, 0.05) is 31.4 Å². The number of benzene rings is 2. The number of likely N-dealkylation sites (tertiary alicyclic amines) is 1. The van der Waals surface area contributed by atoms with E-state index in [0.29, 0.717) is 29.4 Å². The highest BCUT2D eigenvalue weighted by atomic mass is 19.3. The number of carbonyl (C=O) groups is 1. The molecule has 208 valence electrons. The van der Waals surface area contributed by atoms with E-state index in [1.165, 1.54) is 10.9 Å². The first-order valence-corrected chi connectivity index (χ1v) is 13.8. The second kappa shape index (κ2) is 10.3. The van der Waals surface area contributed by atoms with E-state index in [2.05, 4.69) is 4.98 Å². The van der Waals surface area contributed by atoms with Crippen molar-refractivity contribution in [3.63, 3.8) is 0 Å². The van der Waals surface area contributed by atoms with E-state index in [0.717, 1.165) is 5.69 Å². The summed E-state index contributed by atoms with van der Waals surface area (Å²) in [7, 11) is 0. The maximum atomic E-state index is 15.1. The average molecular weight is 547 g/mol. The maximum absolute atomic E-state index is 15.1. The van der Waals surface area contributed by atoms with Crippen LogP contribution in [0.1, 0.15) is 43.6 Å². The normalized spacial score (nSPS) is 22.3. The van der Waals surface area contributed by atoms with Crippen LogP contribution in [-0.4, -0.2) is 54.6 Å². The third-order valence-corrected chi connectivity index (χ3v) is 8.53. The molecule has 6 rings (SSSR count). The van der Waals surface area contributed by atoms with Crippen LogP contribution >= 0.6 is 0 Å². The van der Waals surface area contributed by atoms with Crippen LogP contribution in [0.3, 0.4) is 0 Å². The number of fused-ring (bicyclic) bond motifs is 1. The Hall–Kier alpha value is -3.85. The fourth-order valence-electron chi connectivity index (χ4n) is 6.39. The van der Waals surface area contributed by atoms with Gasteiger partial charge in [-0.1, -0.05) is 48.5 Å². The van der Waals surface area contributed by atoms with Crippen LogP contribution in [-0.2, 0) is 11.3 Å². The van der Waals surface area contributed by atoms with Crippen LogP contribution in [0.2, 0.25) is 0 Å². The SMILES string of the molecule is O=C(C1CCCC(F)(F)C1c1ccccc1)N1CCC(O)(Cn2cnc3c(ccn3-c3ccccc3)c2=O)CC1. The highest BCUT2D eigenvalue weighted by molar-refractivity contribution is 5.80. The van der Waals surface area contributed by atoms with Gasteiger partial charge in [0.2, 0.25) is 5.91 Å². The number of piperidine rings is 1. The summed E-state index contributed by atoms with van der Waals surface area (Å²) in [6.45, 7) is 0.531. The zero-order valence-corrected chi connectivity index (χ0v) is 22.1. The van der Waals surface area contributed by atoms with Gasteiger partial charge in [0.25, 0.3) is 11.5 Å². The van der Waals surface area contributed by atoms with E-state index in [4.69, 9.17) is 0 Å². The van der Waals surface area contributed by atoms with Crippen molar-refractivity contribution < 1.29 is 18.7 Å². The molecule has 2 atom stereocenters. The van der Waals surface area contributed by atoms with Gasteiger partial charge < -0.3 is 14.6 Å². The van der Waals surface area contributed by atoms with Crippen molar-refractivity contribution in [3.8, 4) is 5.69 Å². The molecule has 1 aliphatic heterocycles. The number of hydrogen-bond acceptors (Lipinski definition) is 4. The van der Waals surface area contributed by atoms with E-state index in [-0.39, 0.29) is 50.4 Å². The predicted octanol–water partition coefficient (Wildman–Crippen LogP) is 4.76. The monoisotopic (exact) mass is 546 g/mol. The summed E-state index contributed by atoms with van der Waals surface area (Å²) in [6, 6.07) is 19.9. The second-order valence-electron chi connectivity index (χ2n) is 11.1. The molecule has 1 aliphatic carbocycles. The molecule has 7 nitrogen and oxygen atoms in total. The number of nitrogens with zero attached hydrogens (tertiary/aromatic N) is 4. The van der Waals surface area contributed by atoms with E-state index in [1.807, 2.05) is 34.9 Å². The zero-order chi connectivity index (χ0) is 27.9. The van der Waals surface area contributed by atoms with Crippen LogP contribution in [0.5, 0.6) is 0 Å². The van der Waals surface area contributed by atoms with Crippen LogP contribution in [0, 0.1) is 5.92 Å². The minimum Gasteiger partial charge on any atom is -0.388 e. The molecular formula is C31H32F2N4O3. The predicted molar refractivity (Wildman–Crippen MR) is 148 cm³/mol. The van der Waals surface area contributed by atoms with E-state index < -0.39 is 23.4 Å². The van der Waals surface area contributed by atoms with Crippen molar-refractivity contribution >= 4 is 16.9 Å². The molecule has 2 aromatic carbocycles. The number of aromatic nitrogens is 3. The zero-order valence-electron chi connectivity index (χ0n) is 22.1. The Kier molecular flexibility index (Phi) is 6.78. The molecule has 1 amide bonds. The third-order valence-electron chi connectivity index (χ3n) is 8.53. The Bertz CT molecular complexity index is 1560. The molecule has 0 radical (unpaired) electrons. The number of alkyl halides is 2. The molecule has 0 spiro atoms. The van der Waals surface area contributed by atoms with Crippen LogP contribution in [0.15, 0.2) is 84.0 Å². The molecule has 2 unspecified atom stereocenters. The number of amides is 1. The van der Waals surface area contributed by atoms with Crippen molar-refractivity contribution in [1.29, 1.82) is 0 Å². The van der Waals surface area contributed by atoms with Crippen LogP contribution in [0.25, 0.3) is 16.7 Å². The maximum Gasteiger partial charge on any atom is 0.262 e. The van der Waals surface area contributed by atoms with Gasteiger partial charge in [-0.3, -0.25) is 14.2 Å². The first-order chi connectivity index (χ1) is 19.3. The van der Waals surface area contributed by atoms with Gasteiger partial charge in [-0.2, -0.15) is 0 Å². The second-order valence-corrected chi connectivity index (χ2v) is 11.1. The Balaban J connectivity index is 1.16. The summed E-state index contributed by atoms with van der Waals surface area (Å²) in [5, 5.41) is 11.8. The summed E-state index contributed by atoms with van der Waals surface area (Å²) in [4.78, 5) is 32.9. The molecule has 0 bridgehead atoms. The van der Waals surface area contributed by atoms with E-state index in [9.17, 15) is 14.7 Å². The van der Waals surface area contributed by atoms with Crippen LogP contribution < -0.4 is 5.56 Å². The Labute approximate surface area is 230 Å². The van der Waals surface area contributed by atoms with Crippen molar-refractivity contribution in [3.05, 3.63) is 95.2 Å². The molecule has 4 aromatic rings. The number of rotatable bonds is 5.